The second kappa shape index (κ2) is 6.77. The van der Waals surface area contributed by atoms with Crippen LogP contribution in [0.25, 0.3) is 0 Å². The van der Waals surface area contributed by atoms with Crippen LogP contribution in [0.2, 0.25) is 0 Å². The molecule has 6 heteroatoms. The molecule has 21 heavy (non-hydrogen) atoms. The molecule has 5 nitrogen and oxygen atoms in total. The second-order valence-corrected chi connectivity index (χ2v) is 7.26. The van der Waals surface area contributed by atoms with E-state index in [1.165, 1.54) is 6.07 Å². The van der Waals surface area contributed by atoms with Gasteiger partial charge in [-0.2, -0.15) is 0 Å². The fourth-order valence-electron chi connectivity index (χ4n) is 2.41. The predicted molar refractivity (Wildman–Crippen MR) is 81.0 cm³/mol. The van der Waals surface area contributed by atoms with E-state index in [2.05, 4.69) is 0 Å². The molecule has 1 heterocycles. The number of rotatable bonds is 5. The molecule has 0 aromatic heterocycles. The van der Waals surface area contributed by atoms with E-state index in [0.29, 0.717) is 12.4 Å². The van der Waals surface area contributed by atoms with Crippen molar-refractivity contribution in [3.05, 3.63) is 23.8 Å². The summed E-state index contributed by atoms with van der Waals surface area (Å²) >= 11 is 0. The highest BCUT2D eigenvalue weighted by atomic mass is 32.2. The quantitative estimate of drug-likeness (QED) is 0.905. The van der Waals surface area contributed by atoms with E-state index < -0.39 is 10.0 Å². The van der Waals surface area contributed by atoms with Crippen molar-refractivity contribution < 1.29 is 17.9 Å². The number of hydrogen-bond donors (Lipinski definition) is 1. The Morgan fingerprint density at radius 1 is 1.38 bits per heavy atom. The molecule has 0 saturated carbocycles. The average molecular weight is 313 g/mol. The largest absolute Gasteiger partial charge is 0.491 e. The van der Waals surface area contributed by atoms with E-state index in [4.69, 9.17) is 14.6 Å². The third-order valence-electron chi connectivity index (χ3n) is 3.63. The van der Waals surface area contributed by atoms with Crippen molar-refractivity contribution >= 4 is 10.0 Å². The number of hydrogen-bond acceptors (Lipinski definition) is 4. The fourth-order valence-corrected chi connectivity index (χ4v) is 2.96. The molecule has 1 unspecified atom stereocenters. The molecule has 0 aliphatic carbocycles. The molecule has 1 aromatic rings. The van der Waals surface area contributed by atoms with Gasteiger partial charge in [0.1, 0.15) is 12.4 Å². The van der Waals surface area contributed by atoms with E-state index in [9.17, 15) is 8.42 Å². The summed E-state index contributed by atoms with van der Waals surface area (Å²) in [6.45, 7) is 5.27. The Kier molecular flexibility index (Phi) is 5.24. The highest BCUT2D eigenvalue weighted by molar-refractivity contribution is 7.89. The van der Waals surface area contributed by atoms with E-state index in [0.717, 1.165) is 31.4 Å². The first-order chi connectivity index (χ1) is 9.88. The van der Waals surface area contributed by atoms with Crippen molar-refractivity contribution in [2.45, 2.75) is 50.0 Å². The number of benzene rings is 1. The summed E-state index contributed by atoms with van der Waals surface area (Å²) in [4.78, 5) is 0.118. The Morgan fingerprint density at radius 3 is 2.71 bits per heavy atom. The highest BCUT2D eigenvalue weighted by Gasteiger charge is 2.18. The topological polar surface area (TPSA) is 78.6 Å². The molecule has 1 atom stereocenters. The third-order valence-corrected chi connectivity index (χ3v) is 4.54. The molecule has 1 aliphatic heterocycles. The predicted octanol–water partition coefficient (Wildman–Crippen LogP) is 2.41. The van der Waals surface area contributed by atoms with Crippen LogP contribution < -0.4 is 9.88 Å². The monoisotopic (exact) mass is 313 g/mol. The van der Waals surface area contributed by atoms with Crippen LogP contribution in [0.5, 0.6) is 5.75 Å². The molecule has 0 spiro atoms. The van der Waals surface area contributed by atoms with Gasteiger partial charge < -0.3 is 9.47 Å². The van der Waals surface area contributed by atoms with Crippen molar-refractivity contribution in [3.63, 3.8) is 0 Å². The maximum atomic E-state index is 11.4. The Hall–Kier alpha value is -1.11. The molecule has 1 fully saturated rings. The minimum absolute atomic E-state index is 0.118. The molecule has 0 amide bonds. The number of nitrogens with two attached hydrogens (primary N) is 1. The summed E-state index contributed by atoms with van der Waals surface area (Å²) in [6.07, 6.45) is 3.40. The summed E-state index contributed by atoms with van der Waals surface area (Å²) in [5.41, 5.74) is 0.845. The van der Waals surface area contributed by atoms with Gasteiger partial charge in [-0.15, -0.1) is 0 Å². The van der Waals surface area contributed by atoms with Gasteiger partial charge in [-0.1, -0.05) is 13.8 Å². The Bertz CT molecular complexity index is 577. The van der Waals surface area contributed by atoms with E-state index in [1.807, 2.05) is 13.8 Å². The van der Waals surface area contributed by atoms with Crippen LogP contribution in [0.3, 0.4) is 0 Å². The van der Waals surface area contributed by atoms with Crippen LogP contribution >= 0.6 is 0 Å². The normalized spacial score (nSPS) is 19.7. The van der Waals surface area contributed by atoms with Crippen molar-refractivity contribution in [2.24, 2.45) is 5.14 Å². The summed E-state index contributed by atoms with van der Waals surface area (Å²) < 4.78 is 34.4. The SMILES string of the molecule is CC(C)c1cc(S(N)(=O)=O)ccc1OCC1CCCCO1. The zero-order valence-corrected chi connectivity index (χ0v) is 13.4. The van der Waals surface area contributed by atoms with Crippen molar-refractivity contribution in [3.8, 4) is 5.75 Å². The zero-order chi connectivity index (χ0) is 15.5. The lowest BCUT2D eigenvalue weighted by Gasteiger charge is -2.24. The Morgan fingerprint density at radius 2 is 2.14 bits per heavy atom. The highest BCUT2D eigenvalue weighted by Crippen LogP contribution is 2.29. The third kappa shape index (κ3) is 4.43. The molecular formula is C15H23NO4S. The van der Waals surface area contributed by atoms with Gasteiger partial charge >= 0.3 is 0 Å². The molecular weight excluding hydrogens is 290 g/mol. The van der Waals surface area contributed by atoms with E-state index >= 15 is 0 Å². The summed E-state index contributed by atoms with van der Waals surface area (Å²) in [6, 6.07) is 4.76. The van der Waals surface area contributed by atoms with Crippen LogP contribution in [0, 0.1) is 0 Å². The summed E-state index contributed by atoms with van der Waals surface area (Å²) in [5.74, 6) is 0.848. The molecule has 1 aliphatic rings. The first-order valence-corrected chi connectivity index (χ1v) is 8.83. The smallest absolute Gasteiger partial charge is 0.238 e. The maximum absolute atomic E-state index is 11.4. The minimum Gasteiger partial charge on any atom is -0.491 e. The van der Waals surface area contributed by atoms with Gasteiger partial charge in [-0.3, -0.25) is 0 Å². The zero-order valence-electron chi connectivity index (χ0n) is 12.5. The van der Waals surface area contributed by atoms with Crippen LogP contribution in [0.4, 0.5) is 0 Å². The van der Waals surface area contributed by atoms with Gasteiger partial charge in [0.25, 0.3) is 0 Å². The van der Waals surface area contributed by atoms with E-state index in [1.54, 1.807) is 12.1 Å². The number of primary sulfonamides is 1. The van der Waals surface area contributed by atoms with E-state index in [-0.39, 0.29) is 16.9 Å². The van der Waals surface area contributed by atoms with Crippen molar-refractivity contribution in [2.75, 3.05) is 13.2 Å². The molecule has 0 radical (unpaired) electrons. The second-order valence-electron chi connectivity index (χ2n) is 5.70. The molecule has 2 N–H and O–H groups in total. The molecule has 118 valence electrons. The molecule has 1 saturated heterocycles. The summed E-state index contributed by atoms with van der Waals surface area (Å²) in [7, 11) is -3.69. The van der Waals surface area contributed by atoms with Crippen molar-refractivity contribution in [1.29, 1.82) is 0 Å². The number of sulfonamides is 1. The number of ether oxygens (including phenoxy) is 2. The fraction of sp³-hybridized carbons (Fsp3) is 0.600. The van der Waals surface area contributed by atoms with Crippen LogP contribution in [-0.4, -0.2) is 27.7 Å². The summed E-state index contributed by atoms with van der Waals surface area (Å²) in [5, 5.41) is 5.18. The standard InChI is InChI=1S/C15H23NO4S/c1-11(2)14-9-13(21(16,17)18)6-7-15(14)20-10-12-5-3-4-8-19-12/h6-7,9,11-12H,3-5,8,10H2,1-2H3,(H2,16,17,18). The lowest BCUT2D eigenvalue weighted by Crippen LogP contribution is -2.26. The van der Waals surface area contributed by atoms with Gasteiger partial charge in [-0.05, 0) is 48.9 Å². The van der Waals surface area contributed by atoms with Gasteiger partial charge in [0, 0.05) is 6.61 Å². The molecule has 1 aromatic carbocycles. The molecule has 2 rings (SSSR count). The van der Waals surface area contributed by atoms with Crippen molar-refractivity contribution in [1.82, 2.24) is 0 Å². The van der Waals surface area contributed by atoms with Gasteiger partial charge in [0.15, 0.2) is 0 Å². The average Bonchev–Trinajstić information content (AvgIpc) is 2.45. The first kappa shape index (κ1) is 16.3. The lowest BCUT2D eigenvalue weighted by molar-refractivity contribution is -0.0112. The molecule has 0 bridgehead atoms. The van der Waals surface area contributed by atoms with Crippen LogP contribution in [0.1, 0.15) is 44.6 Å². The van der Waals surface area contributed by atoms with Gasteiger partial charge in [0.05, 0.1) is 11.0 Å². The first-order valence-electron chi connectivity index (χ1n) is 7.29. The van der Waals surface area contributed by atoms with Crippen LogP contribution in [0.15, 0.2) is 23.1 Å². The Balaban J connectivity index is 2.14. The van der Waals surface area contributed by atoms with Gasteiger partial charge in [-0.25, -0.2) is 13.6 Å². The van der Waals surface area contributed by atoms with Gasteiger partial charge in [0.2, 0.25) is 10.0 Å². The van der Waals surface area contributed by atoms with Crippen LogP contribution in [-0.2, 0) is 14.8 Å². The Labute approximate surface area is 126 Å². The maximum Gasteiger partial charge on any atom is 0.238 e. The minimum atomic E-state index is -3.69. The lowest BCUT2D eigenvalue weighted by atomic mass is 10.0.